The van der Waals surface area contributed by atoms with Crippen LogP contribution in [0, 0.1) is 17.0 Å². The topological polar surface area (TPSA) is 55.2 Å². The number of nitrogens with one attached hydrogen (secondary N) is 1. The summed E-state index contributed by atoms with van der Waals surface area (Å²) in [6.45, 7) is 1.91. The number of hydrogen-bond donors (Lipinski definition) is 1. The molecule has 0 spiro atoms. The van der Waals surface area contributed by atoms with Crippen LogP contribution in [0.2, 0.25) is 5.02 Å². The summed E-state index contributed by atoms with van der Waals surface area (Å²) in [5, 5.41) is 14.5. The van der Waals surface area contributed by atoms with Gasteiger partial charge in [-0.3, -0.25) is 10.1 Å². The number of nitro groups is 1. The van der Waals surface area contributed by atoms with Crippen molar-refractivity contribution < 1.29 is 4.92 Å². The third-order valence-electron chi connectivity index (χ3n) is 2.42. The van der Waals surface area contributed by atoms with Crippen molar-refractivity contribution in [3.05, 3.63) is 63.2 Å². The van der Waals surface area contributed by atoms with Crippen LogP contribution in [0.1, 0.15) is 5.56 Å². The zero-order valence-electron chi connectivity index (χ0n) is 9.68. The summed E-state index contributed by atoms with van der Waals surface area (Å²) in [7, 11) is 0. The molecule has 0 radical (unpaired) electrons. The maximum atomic E-state index is 10.9. The summed E-state index contributed by atoms with van der Waals surface area (Å²) in [6.07, 6.45) is 0. The van der Waals surface area contributed by atoms with Gasteiger partial charge < -0.3 is 5.32 Å². The molecule has 0 amide bonds. The van der Waals surface area contributed by atoms with E-state index in [1.54, 1.807) is 24.3 Å². The van der Waals surface area contributed by atoms with Crippen LogP contribution in [0.5, 0.6) is 0 Å². The van der Waals surface area contributed by atoms with Gasteiger partial charge in [0.15, 0.2) is 0 Å². The van der Waals surface area contributed by atoms with Gasteiger partial charge in [-0.15, -0.1) is 0 Å². The molecule has 4 nitrogen and oxygen atoms in total. The van der Waals surface area contributed by atoms with E-state index in [2.05, 4.69) is 5.32 Å². The average molecular weight is 263 g/mol. The van der Waals surface area contributed by atoms with Crippen LogP contribution in [0.4, 0.5) is 17.1 Å². The molecule has 18 heavy (non-hydrogen) atoms. The lowest BCUT2D eigenvalue weighted by atomic mass is 10.2. The van der Waals surface area contributed by atoms with Crippen molar-refractivity contribution in [1.82, 2.24) is 0 Å². The Kier molecular flexibility index (Phi) is 3.48. The van der Waals surface area contributed by atoms with Gasteiger partial charge in [0.1, 0.15) is 5.69 Å². The predicted molar refractivity (Wildman–Crippen MR) is 72.6 cm³/mol. The molecule has 1 N–H and O–H groups in total. The van der Waals surface area contributed by atoms with Crippen molar-refractivity contribution in [2.24, 2.45) is 0 Å². The molecule has 0 fully saturated rings. The third kappa shape index (κ3) is 2.78. The van der Waals surface area contributed by atoms with Gasteiger partial charge in [-0.1, -0.05) is 23.7 Å². The molecule has 5 heteroatoms. The van der Waals surface area contributed by atoms with Crippen molar-refractivity contribution in [1.29, 1.82) is 0 Å². The van der Waals surface area contributed by atoms with Crippen LogP contribution in [0.15, 0.2) is 42.5 Å². The number of anilines is 2. The van der Waals surface area contributed by atoms with Gasteiger partial charge in [-0.05, 0) is 36.8 Å². The average Bonchev–Trinajstić information content (AvgIpc) is 2.27. The lowest BCUT2D eigenvalue weighted by Gasteiger charge is -2.08. The predicted octanol–water partition coefficient (Wildman–Crippen LogP) is 4.30. The normalized spacial score (nSPS) is 10.1. The molecule has 0 aromatic heterocycles. The fraction of sp³-hybridized carbons (Fsp3) is 0.0769. The molecular weight excluding hydrogens is 252 g/mol. The Bertz CT molecular complexity index is 579. The van der Waals surface area contributed by atoms with Crippen LogP contribution in [-0.4, -0.2) is 4.92 Å². The van der Waals surface area contributed by atoms with Gasteiger partial charge in [0.2, 0.25) is 0 Å². The number of para-hydroxylation sites is 2. The number of rotatable bonds is 3. The Morgan fingerprint density at radius 2 is 1.94 bits per heavy atom. The summed E-state index contributed by atoms with van der Waals surface area (Å²) in [6, 6.07) is 11.9. The van der Waals surface area contributed by atoms with Crippen molar-refractivity contribution >= 4 is 28.7 Å². The maximum absolute atomic E-state index is 10.9. The van der Waals surface area contributed by atoms with E-state index in [4.69, 9.17) is 11.6 Å². The van der Waals surface area contributed by atoms with Crippen molar-refractivity contribution in [3.63, 3.8) is 0 Å². The molecule has 92 valence electrons. The van der Waals surface area contributed by atoms with Gasteiger partial charge in [-0.25, -0.2) is 0 Å². The number of nitrogens with zero attached hydrogens (tertiary/aromatic N) is 1. The Balaban J connectivity index is 2.37. The van der Waals surface area contributed by atoms with E-state index in [9.17, 15) is 10.1 Å². The molecule has 0 aliphatic carbocycles. The summed E-state index contributed by atoms with van der Waals surface area (Å²) < 4.78 is 0. The molecule has 0 saturated carbocycles. The highest BCUT2D eigenvalue weighted by Crippen LogP contribution is 2.28. The van der Waals surface area contributed by atoms with Gasteiger partial charge >= 0.3 is 0 Å². The molecule has 2 aromatic rings. The standard InChI is InChI=1S/C13H11ClN2O2/c1-9-6-10(14)8-11(7-9)15-12-4-2-3-5-13(12)16(17)18/h2-8,15H,1H3. The van der Waals surface area contributed by atoms with Crippen LogP contribution in [-0.2, 0) is 0 Å². The van der Waals surface area contributed by atoms with E-state index in [1.165, 1.54) is 6.07 Å². The smallest absolute Gasteiger partial charge is 0.292 e. The first kappa shape index (κ1) is 12.4. The SMILES string of the molecule is Cc1cc(Cl)cc(Nc2ccccc2[N+](=O)[O-])c1. The molecule has 0 aliphatic heterocycles. The largest absolute Gasteiger partial charge is 0.350 e. The van der Waals surface area contributed by atoms with E-state index < -0.39 is 4.92 Å². The van der Waals surface area contributed by atoms with Crippen LogP contribution >= 0.6 is 11.6 Å². The summed E-state index contributed by atoms with van der Waals surface area (Å²) >= 11 is 5.94. The Labute approximate surface area is 109 Å². The Morgan fingerprint density at radius 1 is 1.22 bits per heavy atom. The van der Waals surface area contributed by atoms with Crippen LogP contribution < -0.4 is 5.32 Å². The van der Waals surface area contributed by atoms with Crippen molar-refractivity contribution in [2.75, 3.05) is 5.32 Å². The van der Waals surface area contributed by atoms with Crippen molar-refractivity contribution in [3.8, 4) is 0 Å². The second-order valence-corrected chi connectivity index (χ2v) is 4.35. The van der Waals surface area contributed by atoms with E-state index in [1.807, 2.05) is 19.1 Å². The second-order valence-electron chi connectivity index (χ2n) is 3.92. The molecule has 0 unspecified atom stereocenters. The fourth-order valence-corrected chi connectivity index (χ4v) is 1.99. The molecule has 0 saturated heterocycles. The molecule has 0 heterocycles. The van der Waals surface area contributed by atoms with Gasteiger partial charge in [0, 0.05) is 16.8 Å². The highest BCUT2D eigenvalue weighted by atomic mass is 35.5. The number of halogens is 1. The number of nitro benzene ring substituents is 1. The monoisotopic (exact) mass is 262 g/mol. The highest BCUT2D eigenvalue weighted by Gasteiger charge is 2.12. The number of aryl methyl sites for hydroxylation is 1. The zero-order valence-corrected chi connectivity index (χ0v) is 10.4. The fourth-order valence-electron chi connectivity index (χ4n) is 1.70. The van der Waals surface area contributed by atoms with Gasteiger partial charge in [0.05, 0.1) is 4.92 Å². The summed E-state index contributed by atoms with van der Waals surface area (Å²) in [4.78, 5) is 10.5. The molecule has 0 aliphatic rings. The quantitative estimate of drug-likeness (QED) is 0.663. The van der Waals surface area contributed by atoms with Gasteiger partial charge in [0.25, 0.3) is 5.69 Å². The first-order valence-corrected chi connectivity index (χ1v) is 5.72. The minimum absolute atomic E-state index is 0.0372. The first-order chi connectivity index (χ1) is 8.56. The van der Waals surface area contributed by atoms with E-state index in [0.717, 1.165) is 11.3 Å². The third-order valence-corrected chi connectivity index (χ3v) is 2.64. The van der Waals surface area contributed by atoms with Crippen LogP contribution in [0.3, 0.4) is 0 Å². The summed E-state index contributed by atoms with van der Waals surface area (Å²) in [5.74, 6) is 0. The second kappa shape index (κ2) is 5.06. The molecular formula is C13H11ClN2O2. The highest BCUT2D eigenvalue weighted by molar-refractivity contribution is 6.30. The lowest BCUT2D eigenvalue weighted by Crippen LogP contribution is -1.96. The lowest BCUT2D eigenvalue weighted by molar-refractivity contribution is -0.383. The Morgan fingerprint density at radius 3 is 2.61 bits per heavy atom. The molecule has 0 bridgehead atoms. The van der Waals surface area contributed by atoms with E-state index in [-0.39, 0.29) is 5.69 Å². The molecule has 0 atom stereocenters. The van der Waals surface area contributed by atoms with Crippen molar-refractivity contribution in [2.45, 2.75) is 6.92 Å². The number of benzene rings is 2. The maximum Gasteiger partial charge on any atom is 0.292 e. The molecule has 2 aromatic carbocycles. The first-order valence-electron chi connectivity index (χ1n) is 5.34. The molecule has 2 rings (SSSR count). The van der Waals surface area contributed by atoms with Crippen LogP contribution in [0.25, 0.3) is 0 Å². The van der Waals surface area contributed by atoms with Gasteiger partial charge in [-0.2, -0.15) is 0 Å². The van der Waals surface area contributed by atoms with E-state index >= 15 is 0 Å². The minimum atomic E-state index is -0.417. The number of hydrogen-bond acceptors (Lipinski definition) is 3. The Hall–Kier alpha value is -2.07. The minimum Gasteiger partial charge on any atom is -0.350 e. The van der Waals surface area contributed by atoms with E-state index in [0.29, 0.717) is 10.7 Å². The summed E-state index contributed by atoms with van der Waals surface area (Å²) in [5.41, 5.74) is 2.21. The zero-order chi connectivity index (χ0) is 13.1.